The van der Waals surface area contributed by atoms with Gasteiger partial charge in [-0.1, -0.05) is 35.3 Å². The van der Waals surface area contributed by atoms with E-state index in [1.807, 2.05) is 24.3 Å². The third-order valence-electron chi connectivity index (χ3n) is 3.61. The largest absolute Gasteiger partial charge is 0.452 e. The number of likely N-dealkylation sites (N-methyl/N-ethyl adjacent to an activating group) is 1. The van der Waals surface area contributed by atoms with Crippen molar-refractivity contribution in [1.29, 1.82) is 0 Å². The number of hydrogen-bond donors (Lipinski definition) is 0. The Bertz CT molecular complexity index is 941. The van der Waals surface area contributed by atoms with Gasteiger partial charge in [0.15, 0.2) is 6.61 Å². The van der Waals surface area contributed by atoms with Crippen molar-refractivity contribution >= 4 is 56.6 Å². The molecule has 0 spiro atoms. The lowest BCUT2D eigenvalue weighted by Gasteiger charge is -2.15. The highest BCUT2D eigenvalue weighted by molar-refractivity contribution is 7.18. The Morgan fingerprint density at radius 2 is 1.96 bits per heavy atom. The van der Waals surface area contributed by atoms with Crippen LogP contribution in [-0.2, 0) is 16.1 Å². The topological polar surface area (TPSA) is 59.5 Å². The van der Waals surface area contributed by atoms with Crippen molar-refractivity contribution in [3.8, 4) is 0 Å². The first kappa shape index (κ1) is 18.6. The minimum absolute atomic E-state index is 0.126. The lowest BCUT2D eigenvalue weighted by Crippen LogP contribution is -2.30. The second kappa shape index (κ2) is 8.03. The number of halogens is 2. The molecule has 0 atom stereocenters. The SMILES string of the molecule is CN(Cc1nc2ccccc2s1)C(=O)COC(=O)c1cc(Cl)ccc1Cl. The molecule has 0 saturated heterocycles. The summed E-state index contributed by atoms with van der Waals surface area (Å²) in [5.74, 6) is -1.03. The molecule has 8 heteroatoms. The molecule has 0 aliphatic heterocycles. The highest BCUT2D eigenvalue weighted by atomic mass is 35.5. The fourth-order valence-electron chi connectivity index (χ4n) is 2.25. The van der Waals surface area contributed by atoms with Gasteiger partial charge in [-0.05, 0) is 30.3 Å². The number of carbonyl (C=O) groups excluding carboxylic acids is 2. The van der Waals surface area contributed by atoms with Gasteiger partial charge in [0, 0.05) is 12.1 Å². The minimum atomic E-state index is -0.695. The monoisotopic (exact) mass is 408 g/mol. The zero-order chi connectivity index (χ0) is 18.7. The molecule has 0 saturated carbocycles. The van der Waals surface area contributed by atoms with Gasteiger partial charge in [0.25, 0.3) is 5.91 Å². The number of carbonyl (C=O) groups is 2. The van der Waals surface area contributed by atoms with E-state index in [4.69, 9.17) is 27.9 Å². The predicted molar refractivity (Wildman–Crippen MR) is 103 cm³/mol. The lowest BCUT2D eigenvalue weighted by atomic mass is 10.2. The molecule has 2 aromatic carbocycles. The van der Waals surface area contributed by atoms with Gasteiger partial charge < -0.3 is 9.64 Å². The molecular weight excluding hydrogens is 395 g/mol. The second-order valence-corrected chi connectivity index (χ2v) is 7.48. The number of thiazole rings is 1. The molecule has 0 radical (unpaired) electrons. The number of hydrogen-bond acceptors (Lipinski definition) is 5. The number of aromatic nitrogens is 1. The summed E-state index contributed by atoms with van der Waals surface area (Å²) >= 11 is 13.3. The van der Waals surface area contributed by atoms with Crippen molar-refractivity contribution < 1.29 is 14.3 Å². The van der Waals surface area contributed by atoms with Gasteiger partial charge >= 0.3 is 5.97 Å². The molecule has 0 aliphatic carbocycles. The van der Waals surface area contributed by atoms with Crippen LogP contribution in [0, 0.1) is 0 Å². The first-order valence-electron chi connectivity index (χ1n) is 7.64. The fraction of sp³-hybridized carbons (Fsp3) is 0.167. The van der Waals surface area contributed by atoms with Crippen molar-refractivity contribution in [2.75, 3.05) is 13.7 Å². The number of nitrogens with zero attached hydrogens (tertiary/aromatic N) is 2. The van der Waals surface area contributed by atoms with Crippen molar-refractivity contribution in [2.45, 2.75) is 6.54 Å². The molecule has 5 nitrogen and oxygen atoms in total. The van der Waals surface area contributed by atoms with Crippen LogP contribution in [-0.4, -0.2) is 35.4 Å². The molecule has 0 fully saturated rings. The number of esters is 1. The van der Waals surface area contributed by atoms with E-state index in [9.17, 15) is 9.59 Å². The first-order valence-corrected chi connectivity index (χ1v) is 9.22. The number of para-hydroxylation sites is 1. The Hall–Kier alpha value is -2.15. The van der Waals surface area contributed by atoms with Crippen LogP contribution >= 0.6 is 34.5 Å². The van der Waals surface area contributed by atoms with Gasteiger partial charge in [0.05, 0.1) is 27.3 Å². The number of fused-ring (bicyclic) bond motifs is 1. The molecule has 3 aromatic rings. The highest BCUT2D eigenvalue weighted by Gasteiger charge is 2.17. The molecule has 0 unspecified atom stereocenters. The van der Waals surface area contributed by atoms with Gasteiger partial charge in [-0.25, -0.2) is 9.78 Å². The molecule has 1 heterocycles. The second-order valence-electron chi connectivity index (χ2n) is 5.53. The third kappa shape index (κ3) is 4.33. The Morgan fingerprint density at radius 1 is 1.19 bits per heavy atom. The normalized spacial score (nSPS) is 10.7. The van der Waals surface area contributed by atoms with Crippen LogP contribution in [0.2, 0.25) is 10.0 Å². The predicted octanol–water partition coefficient (Wildman–Crippen LogP) is 4.42. The van der Waals surface area contributed by atoms with Gasteiger partial charge in [0.2, 0.25) is 0 Å². The van der Waals surface area contributed by atoms with Gasteiger partial charge in [-0.15, -0.1) is 11.3 Å². The van der Waals surface area contributed by atoms with Gasteiger partial charge in [-0.2, -0.15) is 0 Å². The minimum Gasteiger partial charge on any atom is -0.452 e. The van der Waals surface area contributed by atoms with E-state index >= 15 is 0 Å². The van der Waals surface area contributed by atoms with Crippen LogP contribution in [0.15, 0.2) is 42.5 Å². The van der Waals surface area contributed by atoms with E-state index in [0.29, 0.717) is 11.6 Å². The van der Waals surface area contributed by atoms with E-state index in [2.05, 4.69) is 4.98 Å². The van der Waals surface area contributed by atoms with E-state index < -0.39 is 5.97 Å². The van der Waals surface area contributed by atoms with Crippen LogP contribution in [0.4, 0.5) is 0 Å². The number of amides is 1. The molecule has 0 bridgehead atoms. The Balaban J connectivity index is 1.58. The summed E-state index contributed by atoms with van der Waals surface area (Å²) in [4.78, 5) is 30.2. The molecule has 3 rings (SSSR count). The summed E-state index contributed by atoms with van der Waals surface area (Å²) in [6.45, 7) is -0.0449. The van der Waals surface area contributed by atoms with Crippen LogP contribution in [0.1, 0.15) is 15.4 Å². The fourth-order valence-corrected chi connectivity index (χ4v) is 3.64. The zero-order valence-electron chi connectivity index (χ0n) is 13.7. The summed E-state index contributed by atoms with van der Waals surface area (Å²) in [6, 6.07) is 12.2. The average Bonchev–Trinajstić information content (AvgIpc) is 3.03. The molecule has 1 amide bonds. The number of benzene rings is 2. The summed E-state index contributed by atoms with van der Waals surface area (Å²) in [5, 5.41) is 1.39. The van der Waals surface area contributed by atoms with Gasteiger partial charge in [-0.3, -0.25) is 4.79 Å². The maximum atomic E-state index is 12.2. The molecule has 26 heavy (non-hydrogen) atoms. The Morgan fingerprint density at radius 3 is 2.73 bits per heavy atom. The smallest absolute Gasteiger partial charge is 0.340 e. The van der Waals surface area contributed by atoms with E-state index in [-0.39, 0.29) is 23.1 Å². The van der Waals surface area contributed by atoms with Crippen molar-refractivity contribution in [1.82, 2.24) is 9.88 Å². The Kier molecular flexibility index (Phi) is 5.76. The van der Waals surface area contributed by atoms with Crippen LogP contribution in [0.25, 0.3) is 10.2 Å². The van der Waals surface area contributed by atoms with Crippen molar-refractivity contribution in [3.63, 3.8) is 0 Å². The van der Waals surface area contributed by atoms with Crippen LogP contribution < -0.4 is 0 Å². The standard InChI is InChI=1S/C18H14Cl2N2O3S/c1-22(9-16-21-14-4-2-3-5-15(14)26-16)17(23)10-25-18(24)12-8-11(19)6-7-13(12)20/h2-8H,9-10H2,1H3. The summed E-state index contributed by atoms with van der Waals surface area (Å²) in [7, 11) is 1.63. The Labute approximate surface area is 164 Å². The first-order chi connectivity index (χ1) is 12.4. The maximum absolute atomic E-state index is 12.2. The van der Waals surface area contributed by atoms with E-state index in [1.54, 1.807) is 13.1 Å². The summed E-state index contributed by atoms with van der Waals surface area (Å²) in [6.07, 6.45) is 0. The highest BCUT2D eigenvalue weighted by Crippen LogP contribution is 2.23. The average molecular weight is 409 g/mol. The zero-order valence-corrected chi connectivity index (χ0v) is 16.1. The molecule has 0 aliphatic rings. The molecule has 134 valence electrons. The van der Waals surface area contributed by atoms with E-state index in [0.717, 1.165) is 15.2 Å². The van der Waals surface area contributed by atoms with Crippen molar-refractivity contribution in [3.05, 3.63) is 63.1 Å². The van der Waals surface area contributed by atoms with E-state index in [1.165, 1.54) is 28.4 Å². The lowest BCUT2D eigenvalue weighted by molar-refractivity contribution is -0.133. The summed E-state index contributed by atoms with van der Waals surface area (Å²) in [5.41, 5.74) is 1.02. The molecule has 1 aromatic heterocycles. The third-order valence-corrected chi connectivity index (χ3v) is 5.20. The van der Waals surface area contributed by atoms with Crippen molar-refractivity contribution in [2.24, 2.45) is 0 Å². The van der Waals surface area contributed by atoms with Gasteiger partial charge in [0.1, 0.15) is 5.01 Å². The van der Waals surface area contributed by atoms with Crippen LogP contribution in [0.5, 0.6) is 0 Å². The summed E-state index contributed by atoms with van der Waals surface area (Å²) < 4.78 is 6.11. The molecular formula is C18H14Cl2N2O3S. The molecule has 0 N–H and O–H groups in total. The number of rotatable bonds is 5. The number of ether oxygens (including phenoxy) is 1. The quantitative estimate of drug-likeness (QED) is 0.586. The van der Waals surface area contributed by atoms with Crippen LogP contribution in [0.3, 0.4) is 0 Å². The maximum Gasteiger partial charge on any atom is 0.340 e.